The molecule has 1 fully saturated rings. The first-order valence-corrected chi connectivity index (χ1v) is 5.76. The van der Waals surface area contributed by atoms with Gasteiger partial charge in [-0.1, -0.05) is 24.1 Å². The molecule has 0 unspecified atom stereocenters. The van der Waals surface area contributed by atoms with Gasteiger partial charge in [-0.3, -0.25) is 0 Å². The lowest BCUT2D eigenvalue weighted by atomic mass is 9.97. The summed E-state index contributed by atoms with van der Waals surface area (Å²) in [5.41, 5.74) is 1.27. The van der Waals surface area contributed by atoms with Crippen molar-refractivity contribution in [2.75, 3.05) is 13.7 Å². The van der Waals surface area contributed by atoms with E-state index < -0.39 is 0 Å². The summed E-state index contributed by atoms with van der Waals surface area (Å²) in [6, 6.07) is 6.48. The van der Waals surface area contributed by atoms with Crippen molar-refractivity contribution in [3.8, 4) is 5.75 Å². The summed E-state index contributed by atoms with van der Waals surface area (Å²) in [6.45, 7) is 1.11. The Morgan fingerprint density at radius 3 is 2.81 bits per heavy atom. The number of halogens is 2. The van der Waals surface area contributed by atoms with E-state index in [1.54, 1.807) is 7.11 Å². The zero-order valence-corrected chi connectivity index (χ0v) is 10.9. The third-order valence-corrected chi connectivity index (χ3v) is 3.20. The van der Waals surface area contributed by atoms with E-state index in [4.69, 9.17) is 16.3 Å². The van der Waals surface area contributed by atoms with Crippen molar-refractivity contribution in [1.29, 1.82) is 0 Å². The first-order chi connectivity index (χ1) is 7.31. The highest BCUT2D eigenvalue weighted by molar-refractivity contribution is 6.32. The number of methoxy groups -OCH3 is 1. The second kappa shape index (κ2) is 6.33. The smallest absolute Gasteiger partial charge is 0.137 e. The molecule has 0 spiro atoms. The van der Waals surface area contributed by atoms with Crippen molar-refractivity contribution >= 4 is 24.0 Å². The molecule has 0 amide bonds. The first kappa shape index (κ1) is 13.6. The van der Waals surface area contributed by atoms with Crippen molar-refractivity contribution in [1.82, 2.24) is 5.32 Å². The third kappa shape index (κ3) is 3.03. The van der Waals surface area contributed by atoms with Gasteiger partial charge in [0.15, 0.2) is 0 Å². The number of nitrogens with one attached hydrogen (secondary N) is 1. The van der Waals surface area contributed by atoms with Crippen LogP contribution < -0.4 is 10.1 Å². The van der Waals surface area contributed by atoms with Crippen LogP contribution in [0.5, 0.6) is 5.75 Å². The molecule has 1 aliphatic rings. The Labute approximate surface area is 108 Å². The molecule has 1 saturated heterocycles. The van der Waals surface area contributed by atoms with Gasteiger partial charge in [-0.25, -0.2) is 0 Å². The van der Waals surface area contributed by atoms with Crippen molar-refractivity contribution in [2.45, 2.75) is 25.3 Å². The second-order valence-electron chi connectivity index (χ2n) is 3.90. The molecule has 0 aliphatic carbocycles. The van der Waals surface area contributed by atoms with Crippen LogP contribution in [0.4, 0.5) is 0 Å². The molecule has 1 aliphatic heterocycles. The molecule has 1 N–H and O–H groups in total. The molecule has 4 heteroatoms. The van der Waals surface area contributed by atoms with E-state index in [2.05, 4.69) is 11.4 Å². The van der Waals surface area contributed by atoms with E-state index in [9.17, 15) is 0 Å². The van der Waals surface area contributed by atoms with E-state index in [0.717, 1.165) is 12.3 Å². The number of rotatable bonds is 2. The zero-order valence-electron chi connectivity index (χ0n) is 9.33. The molecule has 2 nitrogen and oxygen atoms in total. The maximum Gasteiger partial charge on any atom is 0.137 e. The lowest BCUT2D eigenvalue weighted by molar-refractivity contribution is 0.400. The molecule has 90 valence electrons. The van der Waals surface area contributed by atoms with E-state index in [1.807, 2.05) is 12.1 Å². The number of hydrogen-bond acceptors (Lipinski definition) is 2. The highest BCUT2D eigenvalue weighted by Gasteiger charge is 2.15. The first-order valence-electron chi connectivity index (χ1n) is 5.38. The van der Waals surface area contributed by atoms with Crippen LogP contribution in [-0.2, 0) is 0 Å². The Kier molecular flexibility index (Phi) is 5.39. The average molecular weight is 262 g/mol. The molecule has 1 aromatic carbocycles. The van der Waals surface area contributed by atoms with Gasteiger partial charge in [0.05, 0.1) is 12.1 Å². The van der Waals surface area contributed by atoms with Crippen LogP contribution in [0.1, 0.15) is 30.9 Å². The molecular weight excluding hydrogens is 245 g/mol. The fourth-order valence-corrected chi connectivity index (χ4v) is 2.22. The van der Waals surface area contributed by atoms with Crippen LogP contribution in [-0.4, -0.2) is 13.7 Å². The molecule has 2 rings (SSSR count). The monoisotopic (exact) mass is 261 g/mol. The van der Waals surface area contributed by atoms with Crippen molar-refractivity contribution in [3.63, 3.8) is 0 Å². The Balaban J connectivity index is 0.00000128. The molecule has 1 atom stereocenters. The minimum atomic E-state index is 0. The zero-order chi connectivity index (χ0) is 10.7. The Hall–Kier alpha value is -0.440. The normalized spacial score (nSPS) is 20.0. The quantitative estimate of drug-likeness (QED) is 0.879. The number of piperidine rings is 1. The predicted molar refractivity (Wildman–Crippen MR) is 69.8 cm³/mol. The molecule has 1 aromatic rings. The van der Waals surface area contributed by atoms with Gasteiger partial charge in [0.1, 0.15) is 5.75 Å². The van der Waals surface area contributed by atoms with Gasteiger partial charge in [-0.2, -0.15) is 0 Å². The summed E-state index contributed by atoms with van der Waals surface area (Å²) >= 11 is 5.99. The number of benzene rings is 1. The van der Waals surface area contributed by atoms with E-state index in [0.29, 0.717) is 11.1 Å². The highest BCUT2D eigenvalue weighted by atomic mass is 35.5. The SMILES string of the molecule is COc1cc([C@H]2CCCCN2)ccc1Cl.Cl. The molecular formula is C12H17Cl2NO. The van der Waals surface area contributed by atoms with Crippen molar-refractivity contribution < 1.29 is 4.74 Å². The fourth-order valence-electron chi connectivity index (χ4n) is 2.03. The number of ether oxygens (including phenoxy) is 1. The number of hydrogen-bond donors (Lipinski definition) is 1. The molecule has 1 heterocycles. The minimum Gasteiger partial charge on any atom is -0.495 e. The van der Waals surface area contributed by atoms with Crippen LogP contribution in [0.25, 0.3) is 0 Å². The topological polar surface area (TPSA) is 21.3 Å². The van der Waals surface area contributed by atoms with Crippen LogP contribution >= 0.6 is 24.0 Å². The van der Waals surface area contributed by atoms with E-state index >= 15 is 0 Å². The largest absolute Gasteiger partial charge is 0.495 e. The third-order valence-electron chi connectivity index (χ3n) is 2.89. The summed E-state index contributed by atoms with van der Waals surface area (Å²) < 4.78 is 5.22. The fraction of sp³-hybridized carbons (Fsp3) is 0.500. The van der Waals surface area contributed by atoms with Crippen LogP contribution in [0, 0.1) is 0 Å². The van der Waals surface area contributed by atoms with Gasteiger partial charge in [0, 0.05) is 6.04 Å². The van der Waals surface area contributed by atoms with Gasteiger partial charge in [0.25, 0.3) is 0 Å². The summed E-state index contributed by atoms with van der Waals surface area (Å²) in [5, 5.41) is 4.19. The molecule has 16 heavy (non-hydrogen) atoms. The standard InChI is InChI=1S/C12H16ClNO.ClH/c1-15-12-8-9(5-6-10(12)13)11-4-2-3-7-14-11;/h5-6,8,11,14H,2-4,7H2,1H3;1H/t11-;/m1./s1. The van der Waals surface area contributed by atoms with E-state index in [-0.39, 0.29) is 12.4 Å². The Bertz CT molecular complexity index is 338. The average Bonchev–Trinajstić information content (AvgIpc) is 2.31. The van der Waals surface area contributed by atoms with Gasteiger partial charge < -0.3 is 10.1 Å². The molecule has 0 radical (unpaired) electrons. The summed E-state index contributed by atoms with van der Waals surface area (Å²) in [4.78, 5) is 0. The van der Waals surface area contributed by atoms with Gasteiger partial charge in [0.2, 0.25) is 0 Å². The van der Waals surface area contributed by atoms with Crippen LogP contribution in [0.2, 0.25) is 5.02 Å². The van der Waals surface area contributed by atoms with Gasteiger partial charge >= 0.3 is 0 Å². The van der Waals surface area contributed by atoms with E-state index in [1.165, 1.54) is 24.8 Å². The van der Waals surface area contributed by atoms with Crippen molar-refractivity contribution in [2.24, 2.45) is 0 Å². The van der Waals surface area contributed by atoms with Gasteiger partial charge in [-0.15, -0.1) is 12.4 Å². The molecule has 0 bridgehead atoms. The molecule has 0 aromatic heterocycles. The summed E-state index contributed by atoms with van der Waals surface area (Å²) in [5.74, 6) is 0.765. The predicted octanol–water partition coefficient (Wildman–Crippen LogP) is 3.59. The highest BCUT2D eigenvalue weighted by Crippen LogP contribution is 2.30. The maximum atomic E-state index is 5.99. The lowest BCUT2D eigenvalue weighted by Gasteiger charge is -2.24. The summed E-state index contributed by atoms with van der Waals surface area (Å²) in [6.07, 6.45) is 3.77. The van der Waals surface area contributed by atoms with Gasteiger partial charge in [-0.05, 0) is 37.1 Å². The maximum absolute atomic E-state index is 5.99. The minimum absolute atomic E-state index is 0. The second-order valence-corrected chi connectivity index (χ2v) is 4.30. The molecule has 0 saturated carbocycles. The van der Waals surface area contributed by atoms with Crippen molar-refractivity contribution in [3.05, 3.63) is 28.8 Å². The Morgan fingerprint density at radius 2 is 2.19 bits per heavy atom. The lowest BCUT2D eigenvalue weighted by Crippen LogP contribution is -2.26. The van der Waals surface area contributed by atoms with Crippen LogP contribution in [0.3, 0.4) is 0 Å². The summed E-state index contributed by atoms with van der Waals surface area (Å²) in [7, 11) is 1.65. The Morgan fingerprint density at radius 1 is 1.38 bits per heavy atom. The van der Waals surface area contributed by atoms with Crippen LogP contribution in [0.15, 0.2) is 18.2 Å².